The highest BCUT2D eigenvalue weighted by molar-refractivity contribution is 6.31. The molecular formula is C23H26ClFN2O2. The van der Waals surface area contributed by atoms with E-state index in [4.69, 9.17) is 11.6 Å². The van der Waals surface area contributed by atoms with Gasteiger partial charge >= 0.3 is 0 Å². The van der Waals surface area contributed by atoms with Crippen LogP contribution in [0, 0.1) is 18.2 Å². The number of β-amino-alcohol motifs (C(OH)–C–C–N with tert-alkyl or cyclic N) is 1. The number of amides is 1. The van der Waals surface area contributed by atoms with Crippen molar-refractivity contribution in [3.05, 3.63) is 70.0 Å². The number of rotatable bonds is 5. The van der Waals surface area contributed by atoms with Crippen LogP contribution in [0.2, 0.25) is 5.02 Å². The SMILES string of the molecule is Cc1ccc(C(O)CN2CCC3(CC2)CC3NC(=O)c2cc(F)cc(Cl)c2)cc1. The number of nitrogens with zero attached hydrogens (tertiary/aromatic N) is 1. The Morgan fingerprint density at radius 3 is 2.62 bits per heavy atom. The van der Waals surface area contributed by atoms with E-state index in [1.165, 1.54) is 23.8 Å². The lowest BCUT2D eigenvalue weighted by atomic mass is 9.92. The van der Waals surface area contributed by atoms with Crippen molar-refractivity contribution in [1.82, 2.24) is 10.2 Å². The molecule has 0 radical (unpaired) electrons. The third-order valence-corrected chi connectivity index (χ3v) is 6.58. The Hall–Kier alpha value is -1.95. The molecule has 1 saturated carbocycles. The van der Waals surface area contributed by atoms with Gasteiger partial charge < -0.3 is 15.3 Å². The zero-order chi connectivity index (χ0) is 20.6. The third-order valence-electron chi connectivity index (χ3n) is 6.36. The number of nitrogens with one attached hydrogen (secondary N) is 1. The van der Waals surface area contributed by atoms with Crippen molar-refractivity contribution in [2.45, 2.75) is 38.3 Å². The summed E-state index contributed by atoms with van der Waals surface area (Å²) in [6, 6.07) is 12.0. The lowest BCUT2D eigenvalue weighted by molar-refractivity contribution is 0.0812. The second kappa shape index (κ2) is 8.05. The van der Waals surface area contributed by atoms with Crippen LogP contribution in [0.4, 0.5) is 4.39 Å². The van der Waals surface area contributed by atoms with E-state index in [-0.39, 0.29) is 28.0 Å². The lowest BCUT2D eigenvalue weighted by Gasteiger charge is -2.34. The molecule has 0 aromatic heterocycles. The number of carbonyl (C=O) groups excluding carboxylic acids is 1. The number of hydrogen-bond acceptors (Lipinski definition) is 3. The van der Waals surface area contributed by atoms with E-state index in [0.717, 1.165) is 37.9 Å². The fourth-order valence-electron chi connectivity index (χ4n) is 4.35. The van der Waals surface area contributed by atoms with Gasteiger partial charge in [0.2, 0.25) is 0 Å². The van der Waals surface area contributed by atoms with Gasteiger partial charge in [-0.15, -0.1) is 0 Å². The van der Waals surface area contributed by atoms with Crippen LogP contribution in [0.25, 0.3) is 0 Å². The zero-order valence-electron chi connectivity index (χ0n) is 16.5. The van der Waals surface area contributed by atoms with Crippen molar-refractivity contribution in [2.75, 3.05) is 19.6 Å². The average Bonchev–Trinajstić information content (AvgIpc) is 3.34. The Kier molecular flexibility index (Phi) is 5.65. The number of carbonyl (C=O) groups is 1. The molecule has 2 unspecified atom stereocenters. The molecule has 2 aromatic carbocycles. The molecule has 1 spiro atoms. The number of likely N-dealkylation sites (tertiary alicyclic amines) is 1. The van der Waals surface area contributed by atoms with E-state index in [1.54, 1.807) is 0 Å². The summed E-state index contributed by atoms with van der Waals surface area (Å²) in [5.74, 6) is -0.779. The van der Waals surface area contributed by atoms with E-state index in [2.05, 4.69) is 10.2 Å². The Morgan fingerprint density at radius 1 is 1.28 bits per heavy atom. The van der Waals surface area contributed by atoms with E-state index in [1.807, 2.05) is 31.2 Å². The molecule has 2 aromatic rings. The average molecular weight is 417 g/mol. The van der Waals surface area contributed by atoms with Crippen molar-refractivity contribution in [3.8, 4) is 0 Å². The number of benzene rings is 2. The van der Waals surface area contributed by atoms with Gasteiger partial charge in [-0.2, -0.15) is 0 Å². The third kappa shape index (κ3) is 4.63. The van der Waals surface area contributed by atoms with E-state index >= 15 is 0 Å². The first-order valence-corrected chi connectivity index (χ1v) is 10.5. The van der Waals surface area contributed by atoms with E-state index in [9.17, 15) is 14.3 Å². The number of aryl methyl sites for hydroxylation is 1. The molecule has 1 aliphatic carbocycles. The van der Waals surface area contributed by atoms with E-state index in [0.29, 0.717) is 6.54 Å². The summed E-state index contributed by atoms with van der Waals surface area (Å²) in [5, 5.41) is 13.8. The number of aliphatic hydroxyl groups is 1. The number of aliphatic hydroxyl groups excluding tert-OH is 1. The Bertz CT molecular complexity index is 874. The maximum atomic E-state index is 13.5. The second-order valence-corrected chi connectivity index (χ2v) is 8.91. The molecule has 1 aliphatic heterocycles. The minimum Gasteiger partial charge on any atom is -0.387 e. The summed E-state index contributed by atoms with van der Waals surface area (Å²) < 4.78 is 13.5. The summed E-state index contributed by atoms with van der Waals surface area (Å²) in [4.78, 5) is 14.7. The Morgan fingerprint density at radius 2 is 1.97 bits per heavy atom. The standard InChI is InChI=1S/C23H26ClFN2O2/c1-15-2-4-16(5-3-15)20(28)14-27-8-6-23(7-9-27)13-21(23)26-22(29)17-10-18(24)12-19(25)11-17/h2-5,10-12,20-21,28H,6-9,13-14H2,1H3,(H,26,29). The lowest BCUT2D eigenvalue weighted by Crippen LogP contribution is -2.40. The Balaban J connectivity index is 1.27. The molecule has 1 amide bonds. The van der Waals surface area contributed by atoms with Crippen molar-refractivity contribution < 1.29 is 14.3 Å². The molecule has 154 valence electrons. The Labute approximate surface area is 175 Å². The maximum absolute atomic E-state index is 13.5. The first-order valence-electron chi connectivity index (χ1n) is 10.1. The van der Waals surface area contributed by atoms with Gasteiger partial charge in [-0.05, 0) is 68.5 Å². The predicted molar refractivity (Wildman–Crippen MR) is 112 cm³/mol. The minimum absolute atomic E-state index is 0.126. The molecule has 4 rings (SSSR count). The van der Waals surface area contributed by atoms with E-state index < -0.39 is 11.9 Å². The van der Waals surface area contributed by atoms with Crippen LogP contribution in [0.1, 0.15) is 46.9 Å². The van der Waals surface area contributed by atoms with Crippen LogP contribution < -0.4 is 5.32 Å². The molecule has 2 N–H and O–H groups in total. The quantitative estimate of drug-likeness (QED) is 0.771. The highest BCUT2D eigenvalue weighted by Crippen LogP contribution is 2.54. The summed E-state index contributed by atoms with van der Waals surface area (Å²) in [7, 11) is 0. The molecule has 1 saturated heterocycles. The summed E-state index contributed by atoms with van der Waals surface area (Å²) in [6.45, 7) is 4.47. The predicted octanol–water partition coefficient (Wildman–Crippen LogP) is 4.11. The van der Waals surface area contributed by atoms with Crippen molar-refractivity contribution in [2.24, 2.45) is 5.41 Å². The molecule has 1 heterocycles. The summed E-state index contributed by atoms with van der Waals surface area (Å²) in [6.07, 6.45) is 2.44. The van der Waals surface area contributed by atoms with Gasteiger partial charge in [-0.3, -0.25) is 4.79 Å². The van der Waals surface area contributed by atoms with Crippen LogP contribution in [0.3, 0.4) is 0 Å². The second-order valence-electron chi connectivity index (χ2n) is 8.48. The van der Waals surface area contributed by atoms with Gasteiger partial charge in [0.1, 0.15) is 5.82 Å². The van der Waals surface area contributed by atoms with Crippen LogP contribution >= 0.6 is 11.6 Å². The fourth-order valence-corrected chi connectivity index (χ4v) is 4.57. The fraction of sp³-hybridized carbons (Fsp3) is 0.435. The molecule has 2 atom stereocenters. The van der Waals surface area contributed by atoms with Crippen molar-refractivity contribution in [1.29, 1.82) is 0 Å². The van der Waals surface area contributed by atoms with Gasteiger partial charge in [0, 0.05) is 23.2 Å². The highest BCUT2D eigenvalue weighted by Gasteiger charge is 2.55. The molecule has 0 bridgehead atoms. The summed E-state index contributed by atoms with van der Waals surface area (Å²) >= 11 is 5.85. The largest absolute Gasteiger partial charge is 0.387 e. The number of halogens is 2. The summed E-state index contributed by atoms with van der Waals surface area (Å²) in [5.41, 5.74) is 2.53. The van der Waals surface area contributed by atoms with Crippen LogP contribution in [-0.2, 0) is 0 Å². The highest BCUT2D eigenvalue weighted by atomic mass is 35.5. The molecule has 2 aliphatic rings. The van der Waals surface area contributed by atoms with Crippen LogP contribution in [-0.4, -0.2) is 41.6 Å². The van der Waals surface area contributed by atoms with Crippen LogP contribution in [0.15, 0.2) is 42.5 Å². The monoisotopic (exact) mass is 416 g/mol. The molecule has 6 heteroatoms. The van der Waals surface area contributed by atoms with Crippen molar-refractivity contribution >= 4 is 17.5 Å². The minimum atomic E-state index is -0.506. The molecule has 4 nitrogen and oxygen atoms in total. The maximum Gasteiger partial charge on any atom is 0.251 e. The number of hydrogen-bond donors (Lipinski definition) is 2. The molecule has 2 fully saturated rings. The van der Waals surface area contributed by atoms with Gasteiger partial charge in [-0.25, -0.2) is 4.39 Å². The molecular weight excluding hydrogens is 391 g/mol. The van der Waals surface area contributed by atoms with Gasteiger partial charge in [0.15, 0.2) is 0 Å². The van der Waals surface area contributed by atoms with Gasteiger partial charge in [0.05, 0.1) is 6.10 Å². The molecule has 29 heavy (non-hydrogen) atoms. The first kappa shape index (κ1) is 20.3. The first-order chi connectivity index (χ1) is 13.8. The normalized spacial score (nSPS) is 21.7. The smallest absolute Gasteiger partial charge is 0.251 e. The zero-order valence-corrected chi connectivity index (χ0v) is 17.3. The van der Waals surface area contributed by atoms with Crippen molar-refractivity contribution in [3.63, 3.8) is 0 Å². The number of piperidine rings is 1. The van der Waals surface area contributed by atoms with Gasteiger partial charge in [-0.1, -0.05) is 41.4 Å². The van der Waals surface area contributed by atoms with Crippen LogP contribution in [0.5, 0.6) is 0 Å². The topological polar surface area (TPSA) is 52.6 Å². The van der Waals surface area contributed by atoms with Gasteiger partial charge in [0.25, 0.3) is 5.91 Å².